The molecule has 17 heavy (non-hydrogen) atoms. The van der Waals surface area contributed by atoms with Crippen LogP contribution < -0.4 is 0 Å². The highest BCUT2D eigenvalue weighted by atomic mass is 32.2. The van der Waals surface area contributed by atoms with Crippen molar-refractivity contribution in [2.24, 2.45) is 0 Å². The molecule has 0 aromatic rings. The first kappa shape index (κ1) is 14.0. The second-order valence-electron chi connectivity index (χ2n) is 3.84. The zero-order chi connectivity index (χ0) is 12.7. The number of thioether (sulfide) groups is 1. The molecule has 96 valence electrons. The van der Waals surface area contributed by atoms with Gasteiger partial charge in [-0.25, -0.2) is 0 Å². The highest BCUT2D eigenvalue weighted by Crippen LogP contribution is 2.19. The van der Waals surface area contributed by atoms with Crippen LogP contribution in [0.25, 0.3) is 0 Å². The molecule has 0 atom stereocenters. The van der Waals surface area contributed by atoms with Crippen molar-refractivity contribution in [3.05, 3.63) is 0 Å². The summed E-state index contributed by atoms with van der Waals surface area (Å²) in [6.07, 6.45) is 3.87. The number of carbonyl (C=O) groups is 3. The third-order valence-electron chi connectivity index (χ3n) is 2.58. The molecule has 0 unspecified atom stereocenters. The van der Waals surface area contributed by atoms with Gasteiger partial charge in [0.25, 0.3) is 5.24 Å². The first-order valence-electron chi connectivity index (χ1n) is 5.69. The monoisotopic (exact) mass is 259 g/mol. The van der Waals surface area contributed by atoms with Crippen molar-refractivity contribution in [3.8, 4) is 0 Å². The predicted molar refractivity (Wildman–Crippen MR) is 64.7 cm³/mol. The van der Waals surface area contributed by atoms with Gasteiger partial charge in [0.1, 0.15) is 0 Å². The highest BCUT2D eigenvalue weighted by Gasteiger charge is 2.28. The second kappa shape index (κ2) is 7.32. The van der Waals surface area contributed by atoms with E-state index in [0.29, 0.717) is 13.0 Å². The Labute approximate surface area is 105 Å². The summed E-state index contributed by atoms with van der Waals surface area (Å²) < 4.78 is 4.53. The summed E-state index contributed by atoms with van der Waals surface area (Å²) in [4.78, 5) is 34.6. The fraction of sp³-hybridized carbons (Fsp3) is 0.727. The Bertz CT molecular complexity index is 290. The van der Waals surface area contributed by atoms with E-state index in [0.717, 1.165) is 37.4 Å². The van der Waals surface area contributed by atoms with E-state index in [4.69, 9.17) is 0 Å². The van der Waals surface area contributed by atoms with E-state index in [1.807, 2.05) is 0 Å². The first-order valence-corrected chi connectivity index (χ1v) is 6.67. The van der Waals surface area contributed by atoms with Gasteiger partial charge in [0.05, 0.1) is 12.9 Å². The van der Waals surface area contributed by atoms with E-state index in [1.54, 1.807) is 0 Å². The maximum absolute atomic E-state index is 11.3. The van der Waals surface area contributed by atoms with Gasteiger partial charge in [0.15, 0.2) is 0 Å². The maximum Gasteiger partial charge on any atom is 0.305 e. The van der Waals surface area contributed by atoms with Gasteiger partial charge in [0.2, 0.25) is 5.91 Å². The van der Waals surface area contributed by atoms with E-state index in [9.17, 15) is 14.4 Å². The number of amides is 2. The van der Waals surface area contributed by atoms with Gasteiger partial charge >= 0.3 is 5.97 Å². The summed E-state index contributed by atoms with van der Waals surface area (Å²) >= 11 is 1.06. The summed E-state index contributed by atoms with van der Waals surface area (Å²) in [7, 11) is 1.38. The zero-order valence-corrected chi connectivity index (χ0v) is 10.8. The molecular formula is C11H17NO4S. The Morgan fingerprint density at radius 3 is 2.59 bits per heavy atom. The van der Waals surface area contributed by atoms with Crippen LogP contribution in [0.1, 0.15) is 32.1 Å². The molecule has 1 aliphatic heterocycles. The van der Waals surface area contributed by atoms with Crippen molar-refractivity contribution in [1.82, 2.24) is 4.90 Å². The van der Waals surface area contributed by atoms with Gasteiger partial charge in [-0.3, -0.25) is 19.3 Å². The van der Waals surface area contributed by atoms with E-state index < -0.39 is 0 Å². The number of hydrogen-bond acceptors (Lipinski definition) is 5. The van der Waals surface area contributed by atoms with Crippen molar-refractivity contribution in [3.63, 3.8) is 0 Å². The fourth-order valence-electron chi connectivity index (χ4n) is 1.59. The van der Waals surface area contributed by atoms with E-state index in [2.05, 4.69) is 4.74 Å². The predicted octanol–water partition coefficient (Wildman–Crippen LogP) is 1.81. The third kappa shape index (κ3) is 4.77. The Kier molecular flexibility index (Phi) is 6.04. The van der Waals surface area contributed by atoms with Crippen LogP contribution in [-0.2, 0) is 14.3 Å². The number of nitrogens with zero attached hydrogens (tertiary/aromatic N) is 1. The van der Waals surface area contributed by atoms with Crippen LogP contribution in [0.5, 0.6) is 0 Å². The maximum atomic E-state index is 11.3. The number of methoxy groups -OCH3 is 1. The van der Waals surface area contributed by atoms with Crippen LogP contribution >= 0.6 is 11.8 Å². The molecule has 6 heteroatoms. The summed E-state index contributed by atoms with van der Waals surface area (Å²) in [5.41, 5.74) is 0. The SMILES string of the molecule is COC(=O)CCCCCCN1C(=O)CSC1=O. The second-order valence-corrected chi connectivity index (χ2v) is 4.77. The van der Waals surface area contributed by atoms with E-state index in [1.165, 1.54) is 12.0 Å². The molecule has 0 saturated carbocycles. The van der Waals surface area contributed by atoms with Gasteiger partial charge < -0.3 is 4.74 Å². The minimum absolute atomic E-state index is 0.0884. The molecule has 0 radical (unpaired) electrons. The molecule has 0 N–H and O–H groups in total. The highest BCUT2D eigenvalue weighted by molar-refractivity contribution is 8.14. The molecule has 1 saturated heterocycles. The third-order valence-corrected chi connectivity index (χ3v) is 3.44. The Morgan fingerprint density at radius 2 is 2.00 bits per heavy atom. The van der Waals surface area contributed by atoms with E-state index in [-0.39, 0.29) is 22.9 Å². The quantitative estimate of drug-likeness (QED) is 0.515. The molecule has 1 fully saturated rings. The lowest BCUT2D eigenvalue weighted by Crippen LogP contribution is -2.29. The molecule has 1 heterocycles. The van der Waals surface area contributed by atoms with Crippen molar-refractivity contribution in [2.45, 2.75) is 32.1 Å². The Balaban J connectivity index is 2.02. The number of ether oxygens (including phenoxy) is 1. The molecule has 1 rings (SSSR count). The topological polar surface area (TPSA) is 63.7 Å². The molecule has 0 aromatic carbocycles. The van der Waals surface area contributed by atoms with Crippen LogP contribution in [0.2, 0.25) is 0 Å². The number of rotatable bonds is 7. The largest absolute Gasteiger partial charge is 0.469 e. The van der Waals surface area contributed by atoms with Gasteiger partial charge in [-0.15, -0.1) is 0 Å². The summed E-state index contributed by atoms with van der Waals surface area (Å²) in [6, 6.07) is 0. The van der Waals surface area contributed by atoms with Crippen LogP contribution in [0.3, 0.4) is 0 Å². The van der Waals surface area contributed by atoms with Gasteiger partial charge in [-0.1, -0.05) is 24.6 Å². The standard InChI is InChI=1S/C11H17NO4S/c1-16-10(14)6-4-2-3-5-7-12-9(13)8-17-11(12)15/h2-8H2,1H3. The number of esters is 1. The van der Waals surface area contributed by atoms with Crippen molar-refractivity contribution in [1.29, 1.82) is 0 Å². The van der Waals surface area contributed by atoms with Gasteiger partial charge in [-0.05, 0) is 12.8 Å². The van der Waals surface area contributed by atoms with Crippen LogP contribution in [0.15, 0.2) is 0 Å². The van der Waals surface area contributed by atoms with Gasteiger partial charge in [-0.2, -0.15) is 0 Å². The number of hydrogen-bond donors (Lipinski definition) is 0. The Hall–Kier alpha value is -1.04. The summed E-state index contributed by atoms with van der Waals surface area (Å²) in [5.74, 6) is 0.00196. The number of unbranched alkanes of at least 4 members (excludes halogenated alkanes) is 3. The Morgan fingerprint density at radius 1 is 1.29 bits per heavy atom. The average molecular weight is 259 g/mol. The van der Waals surface area contributed by atoms with Crippen molar-refractivity contribution >= 4 is 28.9 Å². The average Bonchev–Trinajstić information content (AvgIpc) is 2.64. The lowest BCUT2D eigenvalue weighted by Gasteiger charge is -2.11. The van der Waals surface area contributed by atoms with E-state index >= 15 is 0 Å². The van der Waals surface area contributed by atoms with Crippen molar-refractivity contribution in [2.75, 3.05) is 19.4 Å². The van der Waals surface area contributed by atoms with Gasteiger partial charge in [0, 0.05) is 13.0 Å². The molecule has 1 aliphatic rings. The molecule has 0 aliphatic carbocycles. The number of carbonyl (C=O) groups excluding carboxylic acids is 3. The minimum Gasteiger partial charge on any atom is -0.469 e. The fourth-order valence-corrected chi connectivity index (χ4v) is 2.34. The van der Waals surface area contributed by atoms with Crippen LogP contribution in [0, 0.1) is 0 Å². The smallest absolute Gasteiger partial charge is 0.305 e. The van der Waals surface area contributed by atoms with Crippen LogP contribution in [0.4, 0.5) is 4.79 Å². The lowest BCUT2D eigenvalue weighted by atomic mass is 10.1. The molecular weight excluding hydrogens is 242 g/mol. The zero-order valence-electron chi connectivity index (χ0n) is 9.94. The van der Waals surface area contributed by atoms with Crippen LogP contribution in [-0.4, -0.2) is 41.4 Å². The summed E-state index contributed by atoms with van der Waals surface area (Å²) in [6.45, 7) is 0.503. The minimum atomic E-state index is -0.189. The summed E-state index contributed by atoms with van der Waals surface area (Å²) in [5, 5.41) is -0.135. The molecule has 2 amide bonds. The normalized spacial score (nSPS) is 15.5. The molecule has 0 aromatic heterocycles. The lowest BCUT2D eigenvalue weighted by molar-refractivity contribution is -0.140. The molecule has 0 bridgehead atoms. The number of imide groups is 1. The molecule has 0 spiro atoms. The molecule has 5 nitrogen and oxygen atoms in total. The van der Waals surface area contributed by atoms with Crippen molar-refractivity contribution < 1.29 is 19.1 Å². The first-order chi connectivity index (χ1) is 8.15.